The number of nitrogens with zero attached hydrogens (tertiary/aromatic N) is 4. The summed E-state index contributed by atoms with van der Waals surface area (Å²) >= 11 is 0. The third-order valence-corrected chi connectivity index (χ3v) is 5.39. The van der Waals surface area contributed by atoms with E-state index in [1.54, 1.807) is 10.8 Å². The fourth-order valence-corrected chi connectivity index (χ4v) is 3.71. The van der Waals surface area contributed by atoms with Gasteiger partial charge in [-0.2, -0.15) is 0 Å². The van der Waals surface area contributed by atoms with E-state index in [9.17, 15) is 4.79 Å². The van der Waals surface area contributed by atoms with Gasteiger partial charge in [0.15, 0.2) is 5.82 Å². The first-order chi connectivity index (χ1) is 15.3. The molecule has 0 radical (unpaired) electrons. The Balaban J connectivity index is 1.62. The number of aromatic nitrogens is 3. The Hall–Kier alpha value is -2.81. The highest BCUT2D eigenvalue weighted by molar-refractivity contribution is 5.80. The van der Waals surface area contributed by atoms with Crippen LogP contribution < -0.4 is 10.9 Å². The van der Waals surface area contributed by atoms with E-state index in [4.69, 9.17) is 9.47 Å². The van der Waals surface area contributed by atoms with Crippen LogP contribution in [0.2, 0.25) is 0 Å². The van der Waals surface area contributed by atoms with Crippen molar-refractivity contribution < 1.29 is 9.47 Å². The first-order valence-corrected chi connectivity index (χ1v) is 10.8. The van der Waals surface area contributed by atoms with Gasteiger partial charge in [0.1, 0.15) is 5.52 Å². The molecule has 8 heteroatoms. The van der Waals surface area contributed by atoms with E-state index in [1.165, 1.54) is 0 Å². The molecule has 1 aromatic carbocycles. The number of hydrogen-bond donors (Lipinski definition) is 1. The number of morpholine rings is 1. The molecule has 1 aliphatic heterocycles. The Kier molecular flexibility index (Phi) is 7.24. The second-order valence-electron chi connectivity index (χ2n) is 7.42. The topological polar surface area (TPSA) is 81.5 Å². The average molecular weight is 424 g/mol. The molecule has 1 aliphatic rings. The van der Waals surface area contributed by atoms with Crippen LogP contribution in [0.5, 0.6) is 0 Å². The van der Waals surface area contributed by atoms with E-state index in [1.807, 2.05) is 43.3 Å². The zero-order valence-corrected chi connectivity index (χ0v) is 17.9. The lowest BCUT2D eigenvalue weighted by Gasteiger charge is -2.26. The number of benzene rings is 1. The minimum atomic E-state index is -0.139. The fraction of sp³-hybridized carbons (Fsp3) is 0.435. The average Bonchev–Trinajstić information content (AvgIpc) is 2.82. The Bertz CT molecular complexity index is 1050. The molecule has 0 atom stereocenters. The number of ether oxygens (including phenoxy) is 2. The number of hydrogen-bond acceptors (Lipinski definition) is 7. The van der Waals surface area contributed by atoms with Crippen LogP contribution >= 0.6 is 0 Å². The molecular weight excluding hydrogens is 394 g/mol. The molecule has 0 spiro atoms. The molecule has 1 saturated heterocycles. The smallest absolute Gasteiger partial charge is 0.293 e. The van der Waals surface area contributed by atoms with Gasteiger partial charge in [-0.25, -0.2) is 4.98 Å². The predicted molar refractivity (Wildman–Crippen MR) is 121 cm³/mol. The maximum atomic E-state index is 13.2. The Morgan fingerprint density at radius 2 is 1.97 bits per heavy atom. The number of anilines is 1. The molecular formula is C23H29N5O3. The van der Waals surface area contributed by atoms with Crippen molar-refractivity contribution in [1.82, 2.24) is 19.4 Å². The highest BCUT2D eigenvalue weighted by Gasteiger charge is 2.14. The number of fused-ring (bicyclic) bond motifs is 1. The van der Waals surface area contributed by atoms with Gasteiger partial charge in [0.05, 0.1) is 37.2 Å². The molecule has 0 unspecified atom stereocenters. The van der Waals surface area contributed by atoms with Gasteiger partial charge in [0.25, 0.3) is 5.56 Å². The molecule has 0 amide bonds. The summed E-state index contributed by atoms with van der Waals surface area (Å²) in [5.41, 5.74) is 3.12. The monoisotopic (exact) mass is 423 g/mol. The quantitative estimate of drug-likeness (QED) is 0.529. The van der Waals surface area contributed by atoms with Crippen LogP contribution in [-0.4, -0.2) is 72.0 Å². The van der Waals surface area contributed by atoms with E-state index in [2.05, 4.69) is 20.2 Å². The molecule has 0 saturated carbocycles. The number of pyridine rings is 1. The highest BCUT2D eigenvalue weighted by atomic mass is 16.5. The van der Waals surface area contributed by atoms with Gasteiger partial charge in [0.2, 0.25) is 0 Å². The Morgan fingerprint density at radius 1 is 1.16 bits per heavy atom. The molecule has 4 rings (SSSR count). The number of rotatable bonds is 9. The summed E-state index contributed by atoms with van der Waals surface area (Å²) in [5, 5.41) is 3.23. The van der Waals surface area contributed by atoms with Gasteiger partial charge in [-0.1, -0.05) is 30.3 Å². The van der Waals surface area contributed by atoms with Crippen molar-refractivity contribution in [2.75, 3.05) is 57.9 Å². The lowest BCUT2D eigenvalue weighted by atomic mass is 10.1. The van der Waals surface area contributed by atoms with Gasteiger partial charge in [0, 0.05) is 44.9 Å². The predicted octanol–water partition coefficient (Wildman–Crippen LogP) is 2.24. The van der Waals surface area contributed by atoms with Crippen LogP contribution in [0.4, 0.5) is 5.82 Å². The molecule has 0 aliphatic carbocycles. The minimum Gasteiger partial charge on any atom is -0.380 e. The van der Waals surface area contributed by atoms with Crippen LogP contribution in [0.3, 0.4) is 0 Å². The van der Waals surface area contributed by atoms with Crippen molar-refractivity contribution in [2.45, 2.75) is 13.5 Å². The largest absolute Gasteiger partial charge is 0.380 e. The van der Waals surface area contributed by atoms with E-state index in [-0.39, 0.29) is 5.56 Å². The molecule has 1 N–H and O–H groups in total. The molecule has 3 heterocycles. The molecule has 31 heavy (non-hydrogen) atoms. The van der Waals surface area contributed by atoms with Gasteiger partial charge in [-0.05, 0) is 13.0 Å². The standard InChI is InChI=1S/C23H29N5O3/c1-2-30-15-12-28-21-16-19(18-6-4-3-5-7-18)25-17-20(21)26-22(23(28)29)24-8-9-27-10-13-31-14-11-27/h3-7,16-17H,2,8-15H2,1H3,(H,24,26). The molecule has 2 aromatic heterocycles. The first kappa shape index (κ1) is 21.4. The van der Waals surface area contributed by atoms with Crippen LogP contribution in [0.1, 0.15) is 6.92 Å². The van der Waals surface area contributed by atoms with Crippen LogP contribution in [0, 0.1) is 0 Å². The summed E-state index contributed by atoms with van der Waals surface area (Å²) in [7, 11) is 0. The highest BCUT2D eigenvalue weighted by Crippen LogP contribution is 2.21. The van der Waals surface area contributed by atoms with Crippen LogP contribution in [0.15, 0.2) is 47.4 Å². The van der Waals surface area contributed by atoms with Crippen molar-refractivity contribution in [2.24, 2.45) is 0 Å². The summed E-state index contributed by atoms with van der Waals surface area (Å²) in [6.45, 7) is 8.31. The number of nitrogens with one attached hydrogen (secondary N) is 1. The summed E-state index contributed by atoms with van der Waals surface area (Å²) in [6.07, 6.45) is 1.74. The maximum Gasteiger partial charge on any atom is 0.293 e. The first-order valence-electron chi connectivity index (χ1n) is 10.8. The summed E-state index contributed by atoms with van der Waals surface area (Å²) in [5.74, 6) is 0.353. The Morgan fingerprint density at radius 3 is 2.74 bits per heavy atom. The van der Waals surface area contributed by atoms with Crippen LogP contribution in [-0.2, 0) is 16.0 Å². The van der Waals surface area contributed by atoms with E-state index < -0.39 is 0 Å². The van der Waals surface area contributed by atoms with Crippen molar-refractivity contribution in [3.63, 3.8) is 0 Å². The SMILES string of the molecule is CCOCCn1c(=O)c(NCCN2CCOCC2)nc2cnc(-c3ccccc3)cc21. The molecule has 8 nitrogen and oxygen atoms in total. The molecule has 164 valence electrons. The van der Waals surface area contributed by atoms with Crippen molar-refractivity contribution in [1.29, 1.82) is 0 Å². The zero-order chi connectivity index (χ0) is 21.5. The maximum absolute atomic E-state index is 13.2. The lowest BCUT2D eigenvalue weighted by Crippen LogP contribution is -2.39. The zero-order valence-electron chi connectivity index (χ0n) is 17.9. The van der Waals surface area contributed by atoms with E-state index >= 15 is 0 Å². The summed E-state index contributed by atoms with van der Waals surface area (Å²) in [6, 6.07) is 11.9. The van der Waals surface area contributed by atoms with Crippen molar-refractivity contribution in [3.8, 4) is 11.3 Å². The second kappa shape index (κ2) is 10.5. The third kappa shape index (κ3) is 5.28. The van der Waals surface area contributed by atoms with Crippen molar-refractivity contribution >= 4 is 16.9 Å². The van der Waals surface area contributed by atoms with Crippen LogP contribution in [0.25, 0.3) is 22.3 Å². The van der Waals surface area contributed by atoms with Gasteiger partial charge < -0.3 is 19.4 Å². The molecule has 1 fully saturated rings. The molecule has 3 aromatic rings. The van der Waals surface area contributed by atoms with Gasteiger partial charge in [-0.15, -0.1) is 0 Å². The molecule has 0 bridgehead atoms. The normalized spacial score (nSPS) is 14.7. The fourth-order valence-electron chi connectivity index (χ4n) is 3.71. The van der Waals surface area contributed by atoms with E-state index in [0.717, 1.165) is 49.6 Å². The van der Waals surface area contributed by atoms with Gasteiger partial charge >= 0.3 is 0 Å². The minimum absolute atomic E-state index is 0.139. The third-order valence-electron chi connectivity index (χ3n) is 5.39. The summed E-state index contributed by atoms with van der Waals surface area (Å²) < 4.78 is 12.7. The van der Waals surface area contributed by atoms with E-state index in [0.29, 0.717) is 37.6 Å². The van der Waals surface area contributed by atoms with Crippen molar-refractivity contribution in [3.05, 3.63) is 52.9 Å². The Labute approximate surface area is 181 Å². The lowest BCUT2D eigenvalue weighted by molar-refractivity contribution is 0.0398. The van der Waals surface area contributed by atoms with Gasteiger partial charge in [-0.3, -0.25) is 14.7 Å². The second-order valence-corrected chi connectivity index (χ2v) is 7.42. The summed E-state index contributed by atoms with van der Waals surface area (Å²) in [4.78, 5) is 24.7.